The number of esters is 1. The summed E-state index contributed by atoms with van der Waals surface area (Å²) in [5, 5.41) is 2.58. The second kappa shape index (κ2) is 13.0. The normalized spacial score (nSPS) is 13.6. The molecule has 0 aliphatic heterocycles. The summed E-state index contributed by atoms with van der Waals surface area (Å²) in [5.74, 6) is -0.717. The highest BCUT2D eigenvalue weighted by Crippen LogP contribution is 2.41. The minimum atomic E-state index is -4.27. The smallest absolute Gasteiger partial charge is 0.332 e. The summed E-state index contributed by atoms with van der Waals surface area (Å²) in [4.78, 5) is 42.0. The summed E-state index contributed by atoms with van der Waals surface area (Å²) in [5.41, 5.74) is 3.62. The lowest BCUT2D eigenvalue weighted by Crippen LogP contribution is -2.47. The third-order valence-electron chi connectivity index (χ3n) is 5.21. The largest absolute Gasteiger partial charge is 0.465 e. The van der Waals surface area contributed by atoms with Crippen LogP contribution in [0.25, 0.3) is 11.5 Å². The summed E-state index contributed by atoms with van der Waals surface area (Å²) in [6.45, 7) is 20.1. The van der Waals surface area contributed by atoms with Crippen molar-refractivity contribution in [3.05, 3.63) is 17.0 Å². The Bertz CT molecular complexity index is 1060. The van der Waals surface area contributed by atoms with Crippen molar-refractivity contribution in [2.45, 2.75) is 67.9 Å². The molecule has 0 aliphatic carbocycles. The van der Waals surface area contributed by atoms with E-state index in [-0.39, 0.29) is 34.5 Å². The van der Waals surface area contributed by atoms with Crippen molar-refractivity contribution in [1.29, 1.82) is 0 Å². The number of hydrogen-bond acceptors (Lipinski definition) is 9. The van der Waals surface area contributed by atoms with Gasteiger partial charge in [0.2, 0.25) is 5.50 Å². The van der Waals surface area contributed by atoms with E-state index >= 15 is 0 Å². The number of nitrogens with one attached hydrogen (secondary N) is 1. The van der Waals surface area contributed by atoms with E-state index in [4.69, 9.17) is 14.9 Å². The van der Waals surface area contributed by atoms with Gasteiger partial charge < -0.3 is 24.7 Å². The van der Waals surface area contributed by atoms with Crippen molar-refractivity contribution in [2.24, 2.45) is 5.41 Å². The number of aromatic nitrogens is 1. The first-order valence-corrected chi connectivity index (χ1v) is 14.4. The summed E-state index contributed by atoms with van der Waals surface area (Å²) in [6, 6.07) is 2.73. The second-order valence-electron chi connectivity index (χ2n) is 9.60. The summed E-state index contributed by atoms with van der Waals surface area (Å²) >= 11 is 1.03. The fourth-order valence-electron chi connectivity index (χ4n) is 3.08. The monoisotopic (exact) mass is 544 g/mol. The first-order chi connectivity index (χ1) is 16.5. The molecule has 0 amide bonds. The Morgan fingerprint density at radius 1 is 1.14 bits per heavy atom. The van der Waals surface area contributed by atoms with Crippen molar-refractivity contribution in [3.8, 4) is 11.5 Å². The maximum Gasteiger partial charge on any atom is 0.332 e. The minimum absolute atomic E-state index is 0.130. The Morgan fingerprint density at radius 3 is 2.14 bits per heavy atom. The molecule has 0 radical (unpaired) electrons. The topological polar surface area (TPSA) is 148 Å². The molecule has 2 aromatic rings. The van der Waals surface area contributed by atoms with Crippen LogP contribution in [0.15, 0.2) is 16.5 Å². The van der Waals surface area contributed by atoms with Crippen molar-refractivity contribution in [1.82, 2.24) is 15.0 Å². The molecule has 10 nitrogen and oxygen atoms in total. The number of thiazole rings is 1. The lowest BCUT2D eigenvalue weighted by Gasteiger charge is -2.25. The van der Waals surface area contributed by atoms with Crippen LogP contribution in [-0.2, 0) is 14.1 Å². The van der Waals surface area contributed by atoms with Gasteiger partial charge >= 0.3 is 13.5 Å². The first kappa shape index (κ1) is 32.0. The highest BCUT2D eigenvalue weighted by molar-refractivity contribution is 7.63. The van der Waals surface area contributed by atoms with Gasteiger partial charge in [-0.15, -0.1) is 0 Å². The maximum absolute atomic E-state index is 12.8. The van der Waals surface area contributed by atoms with Crippen LogP contribution >= 0.6 is 18.9 Å². The van der Waals surface area contributed by atoms with Crippen LogP contribution in [-0.4, -0.2) is 58.3 Å². The molecule has 1 atom stereocenters. The molecule has 1 unspecified atom stereocenters. The van der Waals surface area contributed by atoms with Crippen LogP contribution in [0.2, 0.25) is 0 Å². The number of ketones is 1. The Kier molecular flexibility index (Phi) is 11.5. The third-order valence-corrected chi connectivity index (χ3v) is 7.80. The average molecular weight is 545 g/mol. The molecule has 4 N–H and O–H groups in total. The van der Waals surface area contributed by atoms with E-state index in [0.29, 0.717) is 4.88 Å². The molecule has 0 aliphatic rings. The fraction of sp³-hybridized carbons (Fsp3) is 0.625. The molecule has 0 saturated heterocycles. The van der Waals surface area contributed by atoms with Gasteiger partial charge in [0.05, 0.1) is 6.61 Å². The van der Waals surface area contributed by atoms with E-state index in [1.807, 2.05) is 0 Å². The van der Waals surface area contributed by atoms with Crippen LogP contribution in [0.4, 0.5) is 5.13 Å². The molecule has 12 heteroatoms. The Morgan fingerprint density at radius 2 is 1.69 bits per heavy atom. The Balaban J connectivity index is 0.000000809. The fourth-order valence-corrected chi connectivity index (χ4v) is 5.52. The van der Waals surface area contributed by atoms with Crippen LogP contribution in [0.1, 0.15) is 72.0 Å². The zero-order chi connectivity index (χ0) is 27.9. The molecule has 0 spiro atoms. The van der Waals surface area contributed by atoms with Crippen LogP contribution in [0, 0.1) is 5.41 Å². The molecule has 2 heterocycles. The molecule has 0 saturated carbocycles. The minimum Gasteiger partial charge on any atom is -0.465 e. The number of nitrogen functional groups attached to an aromatic ring is 1. The molecule has 0 bridgehead atoms. The van der Waals surface area contributed by atoms with Crippen molar-refractivity contribution < 1.29 is 28.2 Å². The summed E-state index contributed by atoms with van der Waals surface area (Å²) < 4.78 is 23.3. The molecule has 0 fully saturated rings. The van der Waals surface area contributed by atoms with Gasteiger partial charge in [0, 0.05) is 5.41 Å². The van der Waals surface area contributed by atoms with Gasteiger partial charge in [0.1, 0.15) is 16.1 Å². The Hall–Kier alpha value is -2.04. The highest BCUT2D eigenvalue weighted by Gasteiger charge is 2.39. The zero-order valence-corrected chi connectivity index (χ0v) is 24.5. The number of nitrogens with zero attached hydrogens (tertiary/aromatic N) is 2. The maximum atomic E-state index is 12.8. The molecule has 36 heavy (non-hydrogen) atoms. The number of furan rings is 1. The third kappa shape index (κ3) is 8.52. The molecular formula is C24H41N4O6PS. The number of ether oxygens (including phenoxy) is 1. The van der Waals surface area contributed by atoms with Crippen molar-refractivity contribution in [3.63, 3.8) is 0 Å². The number of hydrogen-bond donors (Lipinski definition) is 3. The molecule has 2 aromatic heterocycles. The lowest BCUT2D eigenvalue weighted by molar-refractivity contribution is -0.149. The van der Waals surface area contributed by atoms with E-state index in [0.717, 1.165) is 11.3 Å². The number of carbonyl (C=O) groups is 2. The zero-order valence-electron chi connectivity index (χ0n) is 22.8. The second-order valence-corrected chi connectivity index (χ2v) is 12.4. The highest BCUT2D eigenvalue weighted by atomic mass is 32.1. The van der Waals surface area contributed by atoms with Gasteiger partial charge in [-0.05, 0) is 52.5 Å². The summed E-state index contributed by atoms with van der Waals surface area (Å²) in [7, 11) is -4.27. The first-order valence-electron chi connectivity index (χ1n) is 12.0. The standard InChI is InChI=1S/C18H26N3O6PS.C6H15N/c1-7-26-15(23)18(5,6)21-28(24,25)11-9-8-10(27-11)12-13(29-16(19)20-12)14(22)17(2,3)4;1-4-7(5-2)6-3/h8-9H,7H2,1-6H3,(H2,19,20)(H2,21,24,25);4-6H2,1-3H3. The van der Waals surface area contributed by atoms with Gasteiger partial charge in [-0.3, -0.25) is 14.2 Å². The van der Waals surface area contributed by atoms with E-state index in [2.05, 4.69) is 35.7 Å². The van der Waals surface area contributed by atoms with Crippen molar-refractivity contribution in [2.75, 3.05) is 32.0 Å². The van der Waals surface area contributed by atoms with Crippen LogP contribution < -0.4 is 16.3 Å². The number of anilines is 1. The van der Waals surface area contributed by atoms with Crippen molar-refractivity contribution >= 4 is 41.2 Å². The number of rotatable bonds is 10. The SMILES string of the molecule is CCN(CC)CC.CCOC(=O)C(C)(C)NP(=O)(O)c1ccc(-c2nc(N)sc2C(=O)C(C)(C)C)o1. The van der Waals surface area contributed by atoms with Gasteiger partial charge in [0.25, 0.3) is 0 Å². The van der Waals surface area contributed by atoms with Crippen LogP contribution in [0.5, 0.6) is 0 Å². The van der Waals surface area contributed by atoms with E-state index in [1.165, 1.54) is 45.6 Å². The number of Topliss-reactive ketones (excluding diaryl/α,β-unsaturated/α-hetero) is 1. The number of carbonyl (C=O) groups excluding carboxylic acids is 2. The van der Waals surface area contributed by atoms with E-state index in [1.54, 1.807) is 27.7 Å². The van der Waals surface area contributed by atoms with Gasteiger partial charge in [0.15, 0.2) is 16.7 Å². The predicted molar refractivity (Wildman–Crippen MR) is 145 cm³/mol. The van der Waals surface area contributed by atoms with E-state index < -0.39 is 24.4 Å². The predicted octanol–water partition coefficient (Wildman–Crippen LogP) is 4.30. The summed E-state index contributed by atoms with van der Waals surface area (Å²) in [6.07, 6.45) is 0. The van der Waals surface area contributed by atoms with E-state index in [9.17, 15) is 19.0 Å². The quantitative estimate of drug-likeness (QED) is 0.224. The average Bonchev–Trinajstić information content (AvgIpc) is 3.41. The molecule has 204 valence electrons. The molecule has 2 rings (SSSR count). The lowest BCUT2D eigenvalue weighted by atomic mass is 9.89. The van der Waals surface area contributed by atoms with Crippen LogP contribution in [0.3, 0.4) is 0 Å². The number of nitrogens with two attached hydrogens (primary N) is 1. The van der Waals surface area contributed by atoms with Gasteiger partial charge in [-0.2, -0.15) is 0 Å². The van der Waals surface area contributed by atoms with Gasteiger partial charge in [-0.1, -0.05) is 52.9 Å². The molecule has 0 aromatic carbocycles. The Labute approximate surface area is 218 Å². The molecular weight excluding hydrogens is 503 g/mol. The van der Waals surface area contributed by atoms with Gasteiger partial charge in [-0.25, -0.2) is 10.1 Å².